The lowest BCUT2D eigenvalue weighted by molar-refractivity contribution is -0.172. The van der Waals surface area contributed by atoms with Crippen molar-refractivity contribution in [3.63, 3.8) is 0 Å². The Bertz CT molecular complexity index is 381. The maximum absolute atomic E-state index is 13.0. The summed E-state index contributed by atoms with van der Waals surface area (Å²) in [6.45, 7) is -2.36. The molecule has 2 nitrogen and oxygen atoms in total. The quantitative estimate of drug-likeness (QED) is 0.676. The van der Waals surface area contributed by atoms with Gasteiger partial charge in [0.05, 0.1) is 13.1 Å². The Kier molecular flexibility index (Phi) is 3.46. The van der Waals surface area contributed by atoms with Crippen molar-refractivity contribution >= 4 is 21.8 Å². The molecule has 1 aliphatic carbocycles. The van der Waals surface area contributed by atoms with Crippen molar-refractivity contribution in [2.75, 3.05) is 13.1 Å². The number of hydrogen-bond donors (Lipinski definition) is 0. The first-order chi connectivity index (χ1) is 8.23. The molecule has 0 radical (unpaired) electrons. The van der Waals surface area contributed by atoms with Crippen LogP contribution in [0, 0.1) is 5.92 Å². The van der Waals surface area contributed by atoms with Crippen LogP contribution in [0.2, 0.25) is 0 Å². The number of nitrogens with zero attached hydrogens (tertiary/aromatic N) is 1. The van der Waals surface area contributed by atoms with E-state index in [4.69, 9.17) is 0 Å². The molecule has 0 bridgehead atoms. The minimum atomic E-state index is -4.12. The van der Waals surface area contributed by atoms with Crippen LogP contribution in [0.1, 0.15) is 19.3 Å². The van der Waals surface area contributed by atoms with Gasteiger partial charge in [-0.3, -0.25) is 4.79 Å². The number of carbonyl (C=O) groups excluding carboxylic acids is 1. The summed E-state index contributed by atoms with van der Waals surface area (Å²) in [6.07, 6.45) is 3.34. The molecule has 0 N–H and O–H groups in total. The number of carbonyl (C=O) groups is 1. The Hall–Kier alpha value is -0.590. The molecule has 1 fully saturated rings. The van der Waals surface area contributed by atoms with Crippen molar-refractivity contribution in [1.29, 1.82) is 0 Å². The van der Waals surface area contributed by atoms with E-state index in [1.54, 1.807) is 6.08 Å². The first-order valence-electron chi connectivity index (χ1n) is 5.62. The molecule has 0 aromatic heterocycles. The molecular weight excluding hydrogens is 318 g/mol. The lowest BCUT2D eigenvalue weighted by Gasteiger charge is -2.24. The molecule has 0 aromatic rings. The van der Waals surface area contributed by atoms with E-state index in [1.165, 1.54) is 0 Å². The molecule has 0 saturated carbocycles. The second-order valence-corrected chi connectivity index (χ2v) is 5.74. The van der Waals surface area contributed by atoms with Gasteiger partial charge in [0.15, 0.2) is 0 Å². The SMILES string of the molecule is O=C(C1CC=C(Br)CC1)N1CC(F)(F)C(F)(F)C1. The zero-order valence-corrected chi connectivity index (χ0v) is 11.0. The van der Waals surface area contributed by atoms with Gasteiger partial charge >= 0.3 is 11.8 Å². The number of allylic oxidation sites excluding steroid dienone is 2. The van der Waals surface area contributed by atoms with Gasteiger partial charge in [-0.25, -0.2) is 0 Å². The van der Waals surface area contributed by atoms with Crippen LogP contribution in [0.3, 0.4) is 0 Å². The van der Waals surface area contributed by atoms with Crippen LogP contribution < -0.4 is 0 Å². The molecule has 2 rings (SSSR count). The lowest BCUT2D eigenvalue weighted by Crippen LogP contribution is -2.38. The third-order valence-electron chi connectivity index (χ3n) is 3.33. The van der Waals surface area contributed by atoms with E-state index in [9.17, 15) is 22.4 Å². The first kappa shape index (κ1) is 13.8. The lowest BCUT2D eigenvalue weighted by atomic mass is 9.93. The fourth-order valence-corrected chi connectivity index (χ4v) is 2.62. The molecule has 7 heteroatoms. The molecule has 1 heterocycles. The van der Waals surface area contributed by atoms with Gasteiger partial charge < -0.3 is 4.90 Å². The summed E-state index contributed by atoms with van der Waals surface area (Å²) in [4.78, 5) is 12.5. The van der Waals surface area contributed by atoms with Gasteiger partial charge in [-0.1, -0.05) is 22.0 Å². The molecule has 2 aliphatic rings. The fraction of sp³-hybridized carbons (Fsp3) is 0.727. The standard InChI is InChI=1S/C11H12BrF4NO/c12-8-3-1-7(2-4-8)9(18)17-5-10(13,14)11(15,16)6-17/h3,7H,1-2,4-6H2. The highest BCUT2D eigenvalue weighted by Gasteiger charge is 2.64. The number of halogens is 5. The first-order valence-corrected chi connectivity index (χ1v) is 6.41. The summed E-state index contributed by atoms with van der Waals surface area (Å²) in [6, 6.07) is 0. The highest BCUT2D eigenvalue weighted by Crippen LogP contribution is 2.42. The van der Waals surface area contributed by atoms with Crippen molar-refractivity contribution < 1.29 is 22.4 Å². The van der Waals surface area contributed by atoms with Crippen LogP contribution in [-0.4, -0.2) is 35.7 Å². The minimum Gasteiger partial charge on any atom is -0.330 e. The van der Waals surface area contributed by atoms with Gasteiger partial charge in [-0.2, -0.15) is 17.6 Å². The second-order valence-electron chi connectivity index (χ2n) is 4.73. The molecule has 0 aromatic carbocycles. The van der Waals surface area contributed by atoms with E-state index >= 15 is 0 Å². The van der Waals surface area contributed by atoms with Gasteiger partial charge in [0.1, 0.15) is 0 Å². The topological polar surface area (TPSA) is 20.3 Å². The number of alkyl halides is 4. The van der Waals surface area contributed by atoms with Crippen molar-refractivity contribution in [2.45, 2.75) is 31.1 Å². The van der Waals surface area contributed by atoms with Crippen molar-refractivity contribution in [3.05, 3.63) is 10.6 Å². The number of likely N-dealkylation sites (tertiary alicyclic amines) is 1. The minimum absolute atomic E-state index is 0.410. The largest absolute Gasteiger partial charge is 0.330 e. The molecule has 0 spiro atoms. The smallest absolute Gasteiger partial charge is 0.329 e. The molecule has 102 valence electrons. The van der Waals surface area contributed by atoms with E-state index in [0.29, 0.717) is 24.2 Å². The van der Waals surface area contributed by atoms with E-state index in [0.717, 1.165) is 4.48 Å². The predicted octanol–water partition coefficient (Wildman–Crippen LogP) is 3.18. The van der Waals surface area contributed by atoms with Crippen LogP contribution in [0.15, 0.2) is 10.6 Å². The number of amides is 1. The molecule has 1 amide bonds. The van der Waals surface area contributed by atoms with Gasteiger partial charge in [0.25, 0.3) is 0 Å². The van der Waals surface area contributed by atoms with Crippen LogP contribution >= 0.6 is 15.9 Å². The summed E-state index contributed by atoms with van der Waals surface area (Å²) in [5.74, 6) is -9.29. The monoisotopic (exact) mass is 329 g/mol. The van der Waals surface area contributed by atoms with Crippen LogP contribution in [0.4, 0.5) is 17.6 Å². The average Bonchev–Trinajstić information content (AvgIpc) is 2.48. The molecule has 1 atom stereocenters. The Labute approximate surface area is 110 Å². The normalized spacial score (nSPS) is 30.2. The average molecular weight is 330 g/mol. The van der Waals surface area contributed by atoms with E-state index in [1.807, 2.05) is 0 Å². The highest BCUT2D eigenvalue weighted by molar-refractivity contribution is 9.11. The van der Waals surface area contributed by atoms with Crippen molar-refractivity contribution in [3.8, 4) is 0 Å². The van der Waals surface area contributed by atoms with E-state index < -0.39 is 36.8 Å². The predicted molar refractivity (Wildman–Crippen MR) is 60.8 cm³/mol. The third-order valence-corrected chi connectivity index (χ3v) is 4.05. The van der Waals surface area contributed by atoms with Crippen molar-refractivity contribution in [1.82, 2.24) is 4.90 Å². The maximum atomic E-state index is 13.0. The van der Waals surface area contributed by atoms with Gasteiger partial charge in [0.2, 0.25) is 5.91 Å². The summed E-state index contributed by atoms with van der Waals surface area (Å²) in [5.41, 5.74) is 0. The maximum Gasteiger partial charge on any atom is 0.329 e. The van der Waals surface area contributed by atoms with E-state index in [2.05, 4.69) is 15.9 Å². The summed E-state index contributed by atoms with van der Waals surface area (Å²) >= 11 is 3.28. The summed E-state index contributed by atoms with van der Waals surface area (Å²) in [7, 11) is 0. The highest BCUT2D eigenvalue weighted by atomic mass is 79.9. The van der Waals surface area contributed by atoms with Crippen LogP contribution in [-0.2, 0) is 4.79 Å². The Morgan fingerprint density at radius 2 is 1.83 bits per heavy atom. The molecule has 1 aliphatic heterocycles. The number of rotatable bonds is 1. The van der Waals surface area contributed by atoms with Gasteiger partial charge in [-0.15, -0.1) is 0 Å². The molecular formula is C11H12BrF4NO. The molecule has 18 heavy (non-hydrogen) atoms. The zero-order valence-electron chi connectivity index (χ0n) is 9.44. The summed E-state index contributed by atoms with van der Waals surface area (Å²) in [5, 5.41) is 0. The Morgan fingerprint density at radius 3 is 2.28 bits per heavy atom. The number of hydrogen-bond acceptors (Lipinski definition) is 1. The van der Waals surface area contributed by atoms with Crippen LogP contribution in [0.5, 0.6) is 0 Å². The van der Waals surface area contributed by atoms with Crippen molar-refractivity contribution in [2.24, 2.45) is 5.92 Å². The summed E-state index contributed by atoms with van der Waals surface area (Å²) < 4.78 is 53.0. The third kappa shape index (κ3) is 2.41. The molecule has 1 unspecified atom stereocenters. The van der Waals surface area contributed by atoms with E-state index in [-0.39, 0.29) is 0 Å². The second kappa shape index (κ2) is 4.51. The Balaban J connectivity index is 2.04. The Morgan fingerprint density at radius 1 is 1.28 bits per heavy atom. The van der Waals surface area contributed by atoms with Crippen LogP contribution in [0.25, 0.3) is 0 Å². The fourth-order valence-electron chi connectivity index (χ4n) is 2.21. The zero-order chi connectivity index (χ0) is 13.6. The van der Waals surface area contributed by atoms with Gasteiger partial charge in [-0.05, 0) is 23.7 Å². The van der Waals surface area contributed by atoms with Gasteiger partial charge in [0, 0.05) is 5.92 Å². The molecule has 1 saturated heterocycles.